The Morgan fingerprint density at radius 3 is 2.68 bits per heavy atom. The van der Waals surface area contributed by atoms with E-state index in [9.17, 15) is 9.32 Å². The van der Waals surface area contributed by atoms with Crippen LogP contribution in [-0.2, 0) is 17.4 Å². The van der Waals surface area contributed by atoms with Crippen molar-refractivity contribution in [1.29, 1.82) is 0 Å². The number of hydrogen-bond acceptors (Lipinski definition) is 2. The molecule has 1 aliphatic carbocycles. The molecular formula is C15H23NO2S. The molecule has 1 aromatic rings. The Hall–Kier alpha value is -0.710. The zero-order valence-corrected chi connectivity index (χ0v) is 12.7. The fourth-order valence-electron chi connectivity index (χ4n) is 2.48. The minimum absolute atomic E-state index is 0.0185. The second-order valence-electron chi connectivity index (χ2n) is 6.16. The monoisotopic (exact) mass is 281 g/mol. The third-order valence-corrected chi connectivity index (χ3v) is 5.25. The summed E-state index contributed by atoms with van der Waals surface area (Å²) in [5.74, 6) is 0.140. The lowest BCUT2D eigenvalue weighted by atomic mass is 9.80. The van der Waals surface area contributed by atoms with E-state index in [4.69, 9.17) is 0 Å². The molecule has 1 aromatic carbocycles. The maximum Gasteiger partial charge on any atom is 0.0976 e. The second kappa shape index (κ2) is 5.73. The Labute approximate surface area is 118 Å². The number of aryl methyl sites for hydroxylation is 1. The molecule has 2 rings (SSSR count). The number of aliphatic hydroxyl groups excluding tert-OH is 1. The van der Waals surface area contributed by atoms with Gasteiger partial charge in [0.15, 0.2) is 0 Å². The Balaban J connectivity index is 2.27. The minimum Gasteiger partial charge on any atom is -0.396 e. The molecule has 2 N–H and O–H groups in total. The van der Waals surface area contributed by atoms with Crippen molar-refractivity contribution in [2.45, 2.75) is 44.4 Å². The summed E-state index contributed by atoms with van der Waals surface area (Å²) in [4.78, 5) is 0. The molecule has 0 unspecified atom stereocenters. The van der Waals surface area contributed by atoms with E-state index >= 15 is 0 Å². The van der Waals surface area contributed by atoms with Crippen LogP contribution in [0.4, 0.5) is 0 Å². The zero-order valence-electron chi connectivity index (χ0n) is 11.8. The van der Waals surface area contributed by atoms with Gasteiger partial charge in [-0.1, -0.05) is 24.3 Å². The SMILES string of the molecule is CC(C)(C)[S@](=O)N[C@@H]1c2ccccc2CC[C@@H]1CO. The molecule has 0 amide bonds. The lowest BCUT2D eigenvalue weighted by Gasteiger charge is -2.34. The molecular weight excluding hydrogens is 258 g/mol. The van der Waals surface area contributed by atoms with Crippen LogP contribution in [0.25, 0.3) is 0 Å². The van der Waals surface area contributed by atoms with Gasteiger partial charge in [0, 0.05) is 18.6 Å². The van der Waals surface area contributed by atoms with Crippen molar-refractivity contribution in [1.82, 2.24) is 4.72 Å². The lowest BCUT2D eigenvalue weighted by Crippen LogP contribution is -2.41. The van der Waals surface area contributed by atoms with E-state index in [0.29, 0.717) is 0 Å². The van der Waals surface area contributed by atoms with Crippen LogP contribution in [0.15, 0.2) is 24.3 Å². The molecule has 1 aliphatic rings. The van der Waals surface area contributed by atoms with Crippen LogP contribution >= 0.6 is 0 Å². The van der Waals surface area contributed by atoms with Crippen molar-refractivity contribution in [3.8, 4) is 0 Å². The third-order valence-electron chi connectivity index (χ3n) is 3.67. The van der Waals surface area contributed by atoms with Crippen LogP contribution in [0.2, 0.25) is 0 Å². The molecule has 0 spiro atoms. The summed E-state index contributed by atoms with van der Waals surface area (Å²) in [5, 5.41) is 9.56. The standard InChI is InChI=1S/C15H23NO2S/c1-15(2,3)19(18)16-14-12(10-17)9-8-11-6-4-5-7-13(11)14/h4-7,12,14,16-17H,8-10H2,1-3H3/t12-,14+,19+/m1/s1. The average Bonchev–Trinajstić information content (AvgIpc) is 2.38. The summed E-state index contributed by atoms with van der Waals surface area (Å²) in [6, 6.07) is 8.23. The largest absolute Gasteiger partial charge is 0.396 e. The summed E-state index contributed by atoms with van der Waals surface area (Å²) >= 11 is 0. The molecule has 0 saturated carbocycles. The van der Waals surface area contributed by atoms with E-state index < -0.39 is 11.0 Å². The molecule has 3 atom stereocenters. The van der Waals surface area contributed by atoms with Crippen molar-refractivity contribution in [3.63, 3.8) is 0 Å². The molecule has 3 nitrogen and oxygen atoms in total. The molecule has 0 aromatic heterocycles. The smallest absolute Gasteiger partial charge is 0.0976 e. The Morgan fingerprint density at radius 2 is 2.05 bits per heavy atom. The van der Waals surface area contributed by atoms with Crippen molar-refractivity contribution in [2.75, 3.05) is 6.61 Å². The number of aliphatic hydroxyl groups is 1. The summed E-state index contributed by atoms with van der Waals surface area (Å²) in [7, 11) is -1.13. The van der Waals surface area contributed by atoms with E-state index in [1.807, 2.05) is 32.9 Å². The van der Waals surface area contributed by atoms with Crippen molar-refractivity contribution >= 4 is 11.0 Å². The molecule has 0 aliphatic heterocycles. The van der Waals surface area contributed by atoms with E-state index in [2.05, 4.69) is 16.9 Å². The molecule has 19 heavy (non-hydrogen) atoms. The van der Waals surface area contributed by atoms with E-state index in [1.54, 1.807) is 0 Å². The first kappa shape index (κ1) is 14.7. The first-order valence-corrected chi connectivity index (χ1v) is 7.95. The minimum atomic E-state index is -1.13. The van der Waals surface area contributed by atoms with Crippen molar-refractivity contribution in [3.05, 3.63) is 35.4 Å². The van der Waals surface area contributed by atoms with Crippen molar-refractivity contribution < 1.29 is 9.32 Å². The Morgan fingerprint density at radius 1 is 1.37 bits per heavy atom. The van der Waals surface area contributed by atoms with E-state index in [-0.39, 0.29) is 23.3 Å². The molecule has 0 radical (unpaired) electrons. The van der Waals surface area contributed by atoms with Crippen molar-refractivity contribution in [2.24, 2.45) is 5.92 Å². The molecule has 4 heteroatoms. The van der Waals surface area contributed by atoms with Gasteiger partial charge < -0.3 is 5.11 Å². The summed E-state index contributed by atoms with van der Waals surface area (Å²) in [6.45, 7) is 6.00. The average molecular weight is 281 g/mol. The van der Waals surface area contributed by atoms with Gasteiger partial charge in [0.1, 0.15) is 0 Å². The van der Waals surface area contributed by atoms with E-state index in [1.165, 1.54) is 11.1 Å². The molecule has 0 heterocycles. The first-order valence-electron chi connectivity index (χ1n) is 6.80. The van der Waals surface area contributed by atoms with Gasteiger partial charge in [-0.3, -0.25) is 0 Å². The third kappa shape index (κ3) is 3.25. The molecule has 0 fully saturated rings. The van der Waals surface area contributed by atoms with Gasteiger partial charge in [0.25, 0.3) is 0 Å². The summed E-state index contributed by atoms with van der Waals surface area (Å²) in [5.41, 5.74) is 2.49. The highest BCUT2D eigenvalue weighted by molar-refractivity contribution is 7.84. The zero-order chi connectivity index (χ0) is 14.0. The number of fused-ring (bicyclic) bond motifs is 1. The highest BCUT2D eigenvalue weighted by Crippen LogP contribution is 2.35. The van der Waals surface area contributed by atoms with Gasteiger partial charge in [0.05, 0.1) is 15.7 Å². The van der Waals surface area contributed by atoms with Crippen LogP contribution in [0.1, 0.15) is 44.4 Å². The Kier molecular flexibility index (Phi) is 4.43. The molecule has 106 valence electrons. The maximum absolute atomic E-state index is 12.3. The van der Waals surface area contributed by atoms with Crippen LogP contribution in [-0.4, -0.2) is 20.7 Å². The van der Waals surface area contributed by atoms with Crippen LogP contribution in [0, 0.1) is 5.92 Å². The van der Waals surface area contributed by atoms with Gasteiger partial charge in [0.2, 0.25) is 0 Å². The molecule has 0 saturated heterocycles. The Bertz CT molecular complexity index is 467. The quantitative estimate of drug-likeness (QED) is 0.893. The summed E-state index contributed by atoms with van der Waals surface area (Å²) < 4.78 is 15.3. The van der Waals surface area contributed by atoms with Crippen LogP contribution in [0.5, 0.6) is 0 Å². The number of benzene rings is 1. The van der Waals surface area contributed by atoms with Crippen LogP contribution < -0.4 is 4.72 Å². The number of rotatable bonds is 3. The highest BCUT2D eigenvalue weighted by Gasteiger charge is 2.32. The second-order valence-corrected chi connectivity index (χ2v) is 8.15. The highest BCUT2D eigenvalue weighted by atomic mass is 32.2. The van der Waals surface area contributed by atoms with Gasteiger partial charge in [-0.2, -0.15) is 0 Å². The fraction of sp³-hybridized carbons (Fsp3) is 0.600. The maximum atomic E-state index is 12.3. The van der Waals surface area contributed by atoms with E-state index in [0.717, 1.165) is 12.8 Å². The van der Waals surface area contributed by atoms with Gasteiger partial charge in [-0.05, 0) is 44.7 Å². The predicted octanol–water partition coefficient (Wildman–Crippen LogP) is 2.33. The van der Waals surface area contributed by atoms with Gasteiger partial charge in [-0.15, -0.1) is 0 Å². The predicted molar refractivity (Wildman–Crippen MR) is 79.1 cm³/mol. The number of nitrogens with one attached hydrogen (secondary N) is 1. The summed E-state index contributed by atoms with van der Waals surface area (Å²) in [6.07, 6.45) is 1.92. The fourth-order valence-corrected chi connectivity index (χ4v) is 3.38. The normalized spacial score (nSPS) is 24.8. The lowest BCUT2D eigenvalue weighted by molar-refractivity contribution is 0.184. The molecule has 0 bridgehead atoms. The topological polar surface area (TPSA) is 49.3 Å². The van der Waals surface area contributed by atoms with Gasteiger partial charge in [-0.25, -0.2) is 8.93 Å². The van der Waals surface area contributed by atoms with Gasteiger partial charge >= 0.3 is 0 Å². The van der Waals surface area contributed by atoms with Crippen LogP contribution in [0.3, 0.4) is 0 Å². The number of hydrogen-bond donors (Lipinski definition) is 2. The first-order chi connectivity index (χ1) is 8.93.